The Hall–Kier alpha value is -1.30. The van der Waals surface area contributed by atoms with E-state index in [-0.39, 0.29) is 18.7 Å². The molecule has 2 rings (SSSR count). The summed E-state index contributed by atoms with van der Waals surface area (Å²) >= 11 is 0. The SMILES string of the molecule is CC1(C(=O)O)CCN(C(=O)N2CCCCC2CCO)CC1. The van der Waals surface area contributed by atoms with Crippen molar-refractivity contribution in [2.24, 2.45) is 5.41 Å². The first-order chi connectivity index (χ1) is 9.98. The van der Waals surface area contributed by atoms with Gasteiger partial charge < -0.3 is 20.0 Å². The number of amides is 2. The topological polar surface area (TPSA) is 81.1 Å². The summed E-state index contributed by atoms with van der Waals surface area (Å²) in [6.45, 7) is 3.61. The van der Waals surface area contributed by atoms with Crippen LogP contribution in [0.2, 0.25) is 0 Å². The van der Waals surface area contributed by atoms with E-state index < -0.39 is 11.4 Å². The molecule has 0 aromatic carbocycles. The van der Waals surface area contributed by atoms with Crippen molar-refractivity contribution < 1.29 is 19.8 Å². The summed E-state index contributed by atoms with van der Waals surface area (Å²) in [6, 6.07) is 0.143. The standard InChI is InChI=1S/C15H26N2O4/c1-15(13(19)20)6-9-16(10-7-15)14(21)17-8-3-2-4-12(17)5-11-18/h12,18H,2-11H2,1H3,(H,19,20). The average Bonchev–Trinajstić information content (AvgIpc) is 2.48. The summed E-state index contributed by atoms with van der Waals surface area (Å²) in [5, 5.41) is 18.4. The lowest BCUT2D eigenvalue weighted by molar-refractivity contribution is -0.150. The maximum Gasteiger partial charge on any atom is 0.320 e. The van der Waals surface area contributed by atoms with Gasteiger partial charge in [0.1, 0.15) is 0 Å². The normalized spacial score (nSPS) is 25.7. The van der Waals surface area contributed by atoms with Crippen molar-refractivity contribution in [1.29, 1.82) is 0 Å². The molecule has 1 unspecified atom stereocenters. The third kappa shape index (κ3) is 3.48. The molecule has 120 valence electrons. The first-order valence-corrected chi connectivity index (χ1v) is 7.88. The number of carboxylic acids is 1. The van der Waals surface area contributed by atoms with E-state index in [2.05, 4.69) is 0 Å². The van der Waals surface area contributed by atoms with E-state index in [4.69, 9.17) is 5.11 Å². The largest absolute Gasteiger partial charge is 0.481 e. The lowest BCUT2D eigenvalue weighted by Crippen LogP contribution is -2.54. The summed E-state index contributed by atoms with van der Waals surface area (Å²) in [5.74, 6) is -0.772. The molecule has 0 bridgehead atoms. The molecule has 2 aliphatic rings. The first kappa shape index (κ1) is 16.1. The molecule has 0 aromatic rings. The smallest absolute Gasteiger partial charge is 0.320 e. The van der Waals surface area contributed by atoms with Gasteiger partial charge in [-0.25, -0.2) is 4.79 Å². The van der Waals surface area contributed by atoms with Crippen LogP contribution in [-0.4, -0.2) is 64.3 Å². The molecule has 2 heterocycles. The van der Waals surface area contributed by atoms with E-state index in [0.29, 0.717) is 32.4 Å². The summed E-state index contributed by atoms with van der Waals surface area (Å²) < 4.78 is 0. The van der Waals surface area contributed by atoms with E-state index >= 15 is 0 Å². The van der Waals surface area contributed by atoms with Crippen LogP contribution in [0.25, 0.3) is 0 Å². The van der Waals surface area contributed by atoms with Crippen molar-refractivity contribution in [2.45, 2.75) is 51.5 Å². The van der Waals surface area contributed by atoms with E-state index in [0.717, 1.165) is 25.8 Å². The molecule has 2 saturated heterocycles. The number of hydrogen-bond donors (Lipinski definition) is 2. The Morgan fingerprint density at radius 1 is 1.19 bits per heavy atom. The molecule has 0 aromatic heterocycles. The molecular weight excluding hydrogens is 272 g/mol. The number of urea groups is 1. The number of aliphatic hydroxyl groups excluding tert-OH is 1. The Labute approximate surface area is 125 Å². The number of carbonyl (C=O) groups is 2. The predicted octanol–water partition coefficient (Wildman–Crippen LogP) is 1.53. The van der Waals surface area contributed by atoms with Crippen molar-refractivity contribution in [3.8, 4) is 0 Å². The third-order valence-electron chi connectivity index (χ3n) is 4.99. The van der Waals surface area contributed by atoms with Crippen LogP contribution in [0.1, 0.15) is 45.4 Å². The third-order valence-corrected chi connectivity index (χ3v) is 4.99. The van der Waals surface area contributed by atoms with Crippen LogP contribution in [0.4, 0.5) is 4.79 Å². The van der Waals surface area contributed by atoms with Crippen LogP contribution in [-0.2, 0) is 4.79 Å². The molecule has 1 atom stereocenters. The number of aliphatic hydroxyl groups is 1. The first-order valence-electron chi connectivity index (χ1n) is 7.88. The summed E-state index contributed by atoms with van der Waals surface area (Å²) in [5.41, 5.74) is -0.705. The molecule has 0 radical (unpaired) electrons. The summed E-state index contributed by atoms with van der Waals surface area (Å²) in [6.07, 6.45) is 4.71. The van der Waals surface area contributed by atoms with Gasteiger partial charge in [0.2, 0.25) is 0 Å². The van der Waals surface area contributed by atoms with Crippen molar-refractivity contribution in [1.82, 2.24) is 9.80 Å². The van der Waals surface area contributed by atoms with E-state index in [1.54, 1.807) is 11.8 Å². The van der Waals surface area contributed by atoms with E-state index in [1.165, 1.54) is 0 Å². The summed E-state index contributed by atoms with van der Waals surface area (Å²) in [7, 11) is 0. The number of rotatable bonds is 3. The van der Waals surface area contributed by atoms with Gasteiger partial charge in [-0.3, -0.25) is 4.79 Å². The second-order valence-electron chi connectivity index (χ2n) is 6.49. The Bertz CT molecular complexity index is 389. The fraction of sp³-hybridized carbons (Fsp3) is 0.867. The van der Waals surface area contributed by atoms with Crippen molar-refractivity contribution in [3.05, 3.63) is 0 Å². The molecule has 0 spiro atoms. The number of hydrogen-bond acceptors (Lipinski definition) is 3. The van der Waals surface area contributed by atoms with Crippen molar-refractivity contribution >= 4 is 12.0 Å². The highest BCUT2D eigenvalue weighted by atomic mass is 16.4. The fourth-order valence-electron chi connectivity index (χ4n) is 3.29. The Kier molecular flexibility index (Phi) is 5.08. The average molecular weight is 298 g/mol. The highest BCUT2D eigenvalue weighted by molar-refractivity contribution is 5.77. The van der Waals surface area contributed by atoms with Gasteiger partial charge in [-0.05, 0) is 45.4 Å². The Balaban J connectivity index is 1.96. The number of carboxylic acid groups (broad SMARTS) is 1. The number of likely N-dealkylation sites (tertiary alicyclic amines) is 2. The number of piperidine rings is 2. The van der Waals surface area contributed by atoms with Crippen LogP contribution in [0.3, 0.4) is 0 Å². The maximum atomic E-state index is 12.6. The van der Waals surface area contributed by atoms with Gasteiger partial charge in [0.25, 0.3) is 0 Å². The molecule has 2 amide bonds. The van der Waals surface area contributed by atoms with E-state index in [9.17, 15) is 14.7 Å². The Morgan fingerprint density at radius 3 is 2.43 bits per heavy atom. The second-order valence-corrected chi connectivity index (χ2v) is 6.49. The molecule has 2 N–H and O–H groups in total. The van der Waals surface area contributed by atoms with Crippen LogP contribution in [0, 0.1) is 5.41 Å². The number of aliphatic carboxylic acids is 1. The second kappa shape index (κ2) is 6.64. The predicted molar refractivity (Wildman–Crippen MR) is 78.0 cm³/mol. The minimum atomic E-state index is -0.772. The van der Waals surface area contributed by atoms with Gasteiger partial charge in [-0.2, -0.15) is 0 Å². The highest BCUT2D eigenvalue weighted by Crippen LogP contribution is 2.32. The van der Waals surface area contributed by atoms with E-state index in [1.807, 2.05) is 4.90 Å². The monoisotopic (exact) mass is 298 g/mol. The molecule has 0 saturated carbocycles. The van der Waals surface area contributed by atoms with Crippen molar-refractivity contribution in [3.63, 3.8) is 0 Å². The zero-order chi connectivity index (χ0) is 15.5. The maximum absolute atomic E-state index is 12.6. The van der Waals surface area contributed by atoms with Gasteiger partial charge in [-0.1, -0.05) is 0 Å². The summed E-state index contributed by atoms with van der Waals surface area (Å²) in [4.78, 5) is 27.5. The molecule has 6 nitrogen and oxygen atoms in total. The van der Waals surface area contributed by atoms with Gasteiger partial charge in [0, 0.05) is 32.3 Å². The fourth-order valence-corrected chi connectivity index (χ4v) is 3.29. The van der Waals surface area contributed by atoms with Crippen molar-refractivity contribution in [2.75, 3.05) is 26.2 Å². The molecule has 6 heteroatoms. The van der Waals surface area contributed by atoms with Crippen LogP contribution in [0.5, 0.6) is 0 Å². The van der Waals surface area contributed by atoms with Gasteiger partial charge in [-0.15, -0.1) is 0 Å². The molecule has 0 aliphatic carbocycles. The zero-order valence-electron chi connectivity index (χ0n) is 12.8. The molecule has 2 fully saturated rings. The Morgan fingerprint density at radius 2 is 1.86 bits per heavy atom. The van der Waals surface area contributed by atoms with Crippen LogP contribution in [0.15, 0.2) is 0 Å². The molecule has 2 aliphatic heterocycles. The molecule has 21 heavy (non-hydrogen) atoms. The lowest BCUT2D eigenvalue weighted by Gasteiger charge is -2.42. The van der Waals surface area contributed by atoms with Gasteiger partial charge in [0.15, 0.2) is 0 Å². The minimum absolute atomic E-state index is 0.0144. The van der Waals surface area contributed by atoms with Crippen LogP contribution < -0.4 is 0 Å². The molecular formula is C15H26N2O4. The zero-order valence-corrected chi connectivity index (χ0v) is 12.8. The quantitative estimate of drug-likeness (QED) is 0.828. The number of carbonyl (C=O) groups excluding carboxylic acids is 1. The van der Waals surface area contributed by atoms with Crippen LogP contribution >= 0.6 is 0 Å². The highest BCUT2D eigenvalue weighted by Gasteiger charge is 2.39. The number of nitrogens with zero attached hydrogens (tertiary/aromatic N) is 2. The minimum Gasteiger partial charge on any atom is -0.481 e. The van der Waals surface area contributed by atoms with Gasteiger partial charge >= 0.3 is 12.0 Å². The lowest BCUT2D eigenvalue weighted by atomic mass is 9.80. The van der Waals surface area contributed by atoms with Gasteiger partial charge in [0.05, 0.1) is 5.41 Å².